The third-order valence-electron chi connectivity index (χ3n) is 4.49. The zero-order chi connectivity index (χ0) is 20.8. The van der Waals surface area contributed by atoms with Crippen LogP contribution in [0.5, 0.6) is 0 Å². The van der Waals surface area contributed by atoms with Gasteiger partial charge in [0.2, 0.25) is 0 Å². The fourth-order valence-corrected chi connectivity index (χ4v) is 2.82. The number of aromatic amines is 1. The van der Waals surface area contributed by atoms with Gasteiger partial charge >= 0.3 is 5.97 Å². The van der Waals surface area contributed by atoms with Gasteiger partial charge in [-0.25, -0.2) is 4.98 Å². The van der Waals surface area contributed by atoms with Crippen LogP contribution in [0.3, 0.4) is 0 Å². The molecule has 0 bridgehead atoms. The number of carbonyl (C=O) groups excluding carboxylic acids is 2. The lowest BCUT2D eigenvalue weighted by Gasteiger charge is -2.13. The van der Waals surface area contributed by atoms with Crippen molar-refractivity contribution in [3.8, 4) is 0 Å². The maximum Gasteiger partial charge on any atom is 0.307 e. The number of amides is 1. The van der Waals surface area contributed by atoms with Crippen LogP contribution in [-0.2, 0) is 27.3 Å². The van der Waals surface area contributed by atoms with Gasteiger partial charge in [-0.3, -0.25) is 14.4 Å². The van der Waals surface area contributed by atoms with Gasteiger partial charge in [0, 0.05) is 13.0 Å². The number of fused-ring (bicyclic) bond motifs is 1. The van der Waals surface area contributed by atoms with Gasteiger partial charge in [-0.2, -0.15) is 0 Å². The summed E-state index contributed by atoms with van der Waals surface area (Å²) in [6.45, 7) is 3.88. The molecule has 2 aromatic carbocycles. The summed E-state index contributed by atoms with van der Waals surface area (Å²) in [5.74, 6) is -0.489. The monoisotopic (exact) mass is 393 g/mol. The van der Waals surface area contributed by atoms with E-state index in [0.717, 1.165) is 11.1 Å². The minimum Gasteiger partial charge on any atom is -0.453 e. The second kappa shape index (κ2) is 9.14. The van der Waals surface area contributed by atoms with Crippen LogP contribution in [0, 0.1) is 6.92 Å². The van der Waals surface area contributed by atoms with Crippen molar-refractivity contribution in [1.29, 1.82) is 0 Å². The Balaban J connectivity index is 1.49. The van der Waals surface area contributed by atoms with Crippen molar-refractivity contribution < 1.29 is 14.3 Å². The number of para-hydroxylation sites is 1. The summed E-state index contributed by atoms with van der Waals surface area (Å²) in [5.41, 5.74) is 2.43. The van der Waals surface area contributed by atoms with Gasteiger partial charge in [0.05, 0.1) is 17.3 Å². The zero-order valence-corrected chi connectivity index (χ0v) is 16.4. The molecular weight excluding hydrogens is 370 g/mol. The third kappa shape index (κ3) is 5.51. The smallest absolute Gasteiger partial charge is 0.307 e. The van der Waals surface area contributed by atoms with Crippen LogP contribution in [0.2, 0.25) is 0 Å². The quantitative estimate of drug-likeness (QED) is 0.601. The molecule has 150 valence electrons. The second-order valence-electron chi connectivity index (χ2n) is 6.87. The number of aryl methyl sites for hydroxylation is 2. The lowest BCUT2D eigenvalue weighted by Crippen LogP contribution is -2.35. The van der Waals surface area contributed by atoms with Crippen LogP contribution < -0.4 is 10.9 Å². The molecule has 0 saturated heterocycles. The van der Waals surface area contributed by atoms with E-state index in [1.807, 2.05) is 31.2 Å². The standard InChI is InChI=1S/C22H23N3O4/c1-14-7-9-16(10-8-14)13-23-21(27)15(2)29-20(26)12-11-19-24-18-6-4-3-5-17(18)22(28)25-19/h3-10,15H,11-13H2,1-2H3,(H,23,27)(H,24,25,28)/t15-/m0/s1. The van der Waals surface area contributed by atoms with Gasteiger partial charge in [-0.1, -0.05) is 42.0 Å². The number of rotatable bonds is 7. The molecule has 0 aliphatic rings. The van der Waals surface area contributed by atoms with Crippen molar-refractivity contribution in [1.82, 2.24) is 15.3 Å². The number of aromatic nitrogens is 2. The Morgan fingerprint density at radius 1 is 1.14 bits per heavy atom. The molecule has 0 fully saturated rings. The van der Waals surface area contributed by atoms with Crippen molar-refractivity contribution in [3.05, 3.63) is 75.8 Å². The molecule has 7 heteroatoms. The lowest BCUT2D eigenvalue weighted by atomic mass is 10.1. The molecule has 1 heterocycles. The molecule has 1 amide bonds. The second-order valence-corrected chi connectivity index (χ2v) is 6.87. The molecule has 3 aromatic rings. The van der Waals surface area contributed by atoms with Gasteiger partial charge in [-0.15, -0.1) is 0 Å². The van der Waals surface area contributed by atoms with Gasteiger partial charge in [0.1, 0.15) is 5.82 Å². The van der Waals surface area contributed by atoms with Gasteiger partial charge < -0.3 is 15.0 Å². The average Bonchev–Trinajstić information content (AvgIpc) is 2.71. The molecule has 1 atom stereocenters. The number of hydrogen-bond acceptors (Lipinski definition) is 5. The number of ether oxygens (including phenoxy) is 1. The summed E-state index contributed by atoms with van der Waals surface area (Å²) in [7, 11) is 0. The van der Waals surface area contributed by atoms with E-state index in [0.29, 0.717) is 23.3 Å². The molecule has 0 radical (unpaired) electrons. The lowest BCUT2D eigenvalue weighted by molar-refractivity contribution is -0.154. The Kier molecular flexibility index (Phi) is 6.39. The fraction of sp³-hybridized carbons (Fsp3) is 0.273. The molecule has 0 unspecified atom stereocenters. The van der Waals surface area contributed by atoms with E-state index in [9.17, 15) is 14.4 Å². The largest absolute Gasteiger partial charge is 0.453 e. The summed E-state index contributed by atoms with van der Waals surface area (Å²) in [5, 5.41) is 3.25. The first kappa shape index (κ1) is 20.3. The number of carbonyl (C=O) groups is 2. The number of benzene rings is 2. The fourth-order valence-electron chi connectivity index (χ4n) is 2.82. The molecule has 2 N–H and O–H groups in total. The van der Waals surface area contributed by atoms with Crippen LogP contribution >= 0.6 is 0 Å². The number of hydrogen-bond donors (Lipinski definition) is 2. The van der Waals surface area contributed by atoms with E-state index < -0.39 is 12.1 Å². The summed E-state index contributed by atoms with van der Waals surface area (Å²) >= 11 is 0. The summed E-state index contributed by atoms with van der Waals surface area (Å²) in [6, 6.07) is 14.8. The normalized spacial score (nSPS) is 11.8. The van der Waals surface area contributed by atoms with Crippen LogP contribution in [0.1, 0.15) is 30.3 Å². The van der Waals surface area contributed by atoms with Crippen LogP contribution in [0.25, 0.3) is 10.9 Å². The molecule has 29 heavy (non-hydrogen) atoms. The van der Waals surface area contributed by atoms with E-state index in [2.05, 4.69) is 15.3 Å². The molecule has 0 saturated carbocycles. The van der Waals surface area contributed by atoms with Crippen molar-refractivity contribution in [2.75, 3.05) is 0 Å². The van der Waals surface area contributed by atoms with E-state index >= 15 is 0 Å². The highest BCUT2D eigenvalue weighted by molar-refractivity contribution is 5.83. The highest BCUT2D eigenvalue weighted by Crippen LogP contribution is 2.08. The predicted molar refractivity (Wildman–Crippen MR) is 109 cm³/mol. The summed E-state index contributed by atoms with van der Waals surface area (Å²) in [6.07, 6.45) is -0.676. The molecule has 0 aliphatic carbocycles. The van der Waals surface area contributed by atoms with Gasteiger partial charge in [-0.05, 0) is 31.5 Å². The summed E-state index contributed by atoms with van der Waals surface area (Å²) in [4.78, 5) is 43.3. The SMILES string of the molecule is Cc1ccc(CNC(=O)[C@H](C)OC(=O)CCc2nc3ccccc3c(=O)[nH]2)cc1. The minimum atomic E-state index is -0.906. The first-order chi connectivity index (χ1) is 13.9. The molecule has 7 nitrogen and oxygen atoms in total. The van der Waals surface area contributed by atoms with E-state index in [4.69, 9.17) is 4.74 Å². The maximum absolute atomic E-state index is 12.1. The number of nitrogens with zero attached hydrogens (tertiary/aromatic N) is 1. The van der Waals surface area contributed by atoms with Crippen LogP contribution in [-0.4, -0.2) is 27.9 Å². The van der Waals surface area contributed by atoms with E-state index in [1.54, 1.807) is 24.3 Å². The maximum atomic E-state index is 12.1. The first-order valence-corrected chi connectivity index (χ1v) is 9.43. The molecule has 1 aromatic heterocycles. The third-order valence-corrected chi connectivity index (χ3v) is 4.49. The highest BCUT2D eigenvalue weighted by Gasteiger charge is 2.17. The van der Waals surface area contributed by atoms with Crippen molar-refractivity contribution in [2.45, 2.75) is 39.3 Å². The number of nitrogens with one attached hydrogen (secondary N) is 2. The summed E-state index contributed by atoms with van der Waals surface area (Å²) < 4.78 is 5.19. The topological polar surface area (TPSA) is 101 Å². The molecule has 0 aliphatic heterocycles. The highest BCUT2D eigenvalue weighted by atomic mass is 16.5. The molecule has 3 rings (SSSR count). The molecular formula is C22H23N3O4. The Bertz CT molecular complexity index is 1070. The Hall–Kier alpha value is -3.48. The minimum absolute atomic E-state index is 0.0108. The van der Waals surface area contributed by atoms with E-state index in [-0.39, 0.29) is 24.3 Å². The Morgan fingerprint density at radius 3 is 2.62 bits per heavy atom. The number of H-pyrrole nitrogens is 1. The zero-order valence-electron chi connectivity index (χ0n) is 16.4. The Labute approximate surface area is 168 Å². The molecule has 0 spiro atoms. The van der Waals surface area contributed by atoms with Crippen molar-refractivity contribution in [2.24, 2.45) is 0 Å². The van der Waals surface area contributed by atoms with Crippen LogP contribution in [0.4, 0.5) is 0 Å². The number of esters is 1. The average molecular weight is 393 g/mol. The van der Waals surface area contributed by atoms with Crippen molar-refractivity contribution >= 4 is 22.8 Å². The Morgan fingerprint density at radius 2 is 1.86 bits per heavy atom. The van der Waals surface area contributed by atoms with E-state index in [1.165, 1.54) is 6.92 Å². The van der Waals surface area contributed by atoms with Gasteiger partial charge in [0.25, 0.3) is 11.5 Å². The van der Waals surface area contributed by atoms with Crippen LogP contribution in [0.15, 0.2) is 53.3 Å². The predicted octanol–water partition coefficient (Wildman–Crippen LogP) is 2.41. The van der Waals surface area contributed by atoms with Gasteiger partial charge in [0.15, 0.2) is 6.10 Å². The first-order valence-electron chi connectivity index (χ1n) is 9.43. The van der Waals surface area contributed by atoms with Crippen molar-refractivity contribution in [3.63, 3.8) is 0 Å².